The fourth-order valence-corrected chi connectivity index (χ4v) is 2.47. The van der Waals surface area contributed by atoms with Crippen LogP contribution in [0, 0.1) is 0 Å². The third-order valence-corrected chi connectivity index (χ3v) is 3.81. The molecule has 0 radical (unpaired) electrons. The number of aromatic nitrogens is 1. The van der Waals surface area contributed by atoms with Crippen LogP contribution in [-0.4, -0.2) is 10.5 Å². The Balaban J connectivity index is 2.01. The molecule has 2 aromatic rings. The predicted octanol–water partition coefficient (Wildman–Crippen LogP) is 2.83. The van der Waals surface area contributed by atoms with Gasteiger partial charge in [-0.15, -0.1) is 0 Å². The second-order valence-electron chi connectivity index (χ2n) is 4.80. The Labute approximate surface area is 95.5 Å². The first-order valence-electron chi connectivity index (χ1n) is 5.86. The second-order valence-corrected chi connectivity index (χ2v) is 4.80. The van der Waals surface area contributed by atoms with E-state index in [0.29, 0.717) is 5.92 Å². The molecule has 1 saturated carbocycles. The predicted molar refractivity (Wildman–Crippen MR) is 66.3 cm³/mol. The maximum atomic E-state index is 6.25. The van der Waals surface area contributed by atoms with E-state index in [0.717, 1.165) is 18.4 Å². The monoisotopic (exact) mass is 212 g/mol. The number of nitrogens with two attached hydrogens (primary N) is 1. The maximum absolute atomic E-state index is 6.25. The van der Waals surface area contributed by atoms with Gasteiger partial charge in [0.25, 0.3) is 0 Å². The van der Waals surface area contributed by atoms with Crippen molar-refractivity contribution in [3.05, 3.63) is 42.1 Å². The first-order chi connectivity index (χ1) is 7.73. The van der Waals surface area contributed by atoms with Crippen molar-refractivity contribution >= 4 is 10.9 Å². The van der Waals surface area contributed by atoms with Crippen LogP contribution in [0.25, 0.3) is 10.9 Å². The third-order valence-electron chi connectivity index (χ3n) is 3.81. The lowest BCUT2D eigenvalue weighted by molar-refractivity contribution is 0.626. The zero-order chi connectivity index (χ0) is 11.2. The quantitative estimate of drug-likeness (QED) is 0.831. The highest BCUT2D eigenvalue weighted by atomic mass is 14.9. The van der Waals surface area contributed by atoms with E-state index >= 15 is 0 Å². The van der Waals surface area contributed by atoms with Crippen molar-refractivity contribution in [2.24, 2.45) is 5.73 Å². The minimum absolute atomic E-state index is 0.0515. The standard InChI is InChI=1S/C14H16N2/c1-2-14(15)9-12(14)10-5-6-13-11(8-10)4-3-7-16-13/h3-8,12H,2,9,15H2,1H3/t12-,14-/m1/s1. The van der Waals surface area contributed by atoms with Gasteiger partial charge in [-0.1, -0.05) is 19.1 Å². The van der Waals surface area contributed by atoms with E-state index in [9.17, 15) is 0 Å². The van der Waals surface area contributed by atoms with E-state index in [1.807, 2.05) is 12.3 Å². The van der Waals surface area contributed by atoms with E-state index in [2.05, 4.69) is 36.2 Å². The molecule has 0 amide bonds. The van der Waals surface area contributed by atoms with Gasteiger partial charge in [-0.05, 0) is 36.6 Å². The molecular formula is C14H16N2. The number of benzene rings is 1. The Morgan fingerprint density at radius 2 is 2.31 bits per heavy atom. The summed E-state index contributed by atoms with van der Waals surface area (Å²) in [6, 6.07) is 10.6. The van der Waals surface area contributed by atoms with Gasteiger partial charge in [0, 0.05) is 23.0 Å². The van der Waals surface area contributed by atoms with Crippen molar-refractivity contribution in [3.63, 3.8) is 0 Å². The highest BCUT2D eigenvalue weighted by Gasteiger charge is 2.49. The van der Waals surface area contributed by atoms with Gasteiger partial charge in [-0.3, -0.25) is 4.98 Å². The van der Waals surface area contributed by atoms with Crippen LogP contribution in [0.15, 0.2) is 36.5 Å². The van der Waals surface area contributed by atoms with Crippen LogP contribution in [0.3, 0.4) is 0 Å². The molecule has 3 rings (SSSR count). The molecule has 2 atom stereocenters. The van der Waals surface area contributed by atoms with Gasteiger partial charge in [-0.25, -0.2) is 0 Å². The van der Waals surface area contributed by atoms with Crippen LogP contribution in [-0.2, 0) is 0 Å². The molecule has 1 aliphatic rings. The summed E-state index contributed by atoms with van der Waals surface area (Å²) in [5.41, 5.74) is 8.73. The molecule has 1 aliphatic carbocycles. The number of rotatable bonds is 2. The molecule has 2 N–H and O–H groups in total. The van der Waals surface area contributed by atoms with E-state index < -0.39 is 0 Å². The minimum Gasteiger partial charge on any atom is -0.325 e. The van der Waals surface area contributed by atoms with Crippen LogP contribution < -0.4 is 5.73 Å². The zero-order valence-corrected chi connectivity index (χ0v) is 9.48. The normalized spacial score (nSPS) is 28.2. The Morgan fingerprint density at radius 3 is 3.06 bits per heavy atom. The van der Waals surface area contributed by atoms with Crippen molar-refractivity contribution in [2.75, 3.05) is 0 Å². The third kappa shape index (κ3) is 1.41. The Hall–Kier alpha value is -1.41. The molecule has 1 heterocycles. The molecule has 0 saturated heterocycles. The SMILES string of the molecule is CC[C@@]1(N)C[C@@H]1c1ccc2ncccc2c1. The first kappa shape index (κ1) is 9.79. The van der Waals surface area contributed by atoms with Crippen LogP contribution >= 0.6 is 0 Å². The van der Waals surface area contributed by atoms with Crippen LogP contribution in [0.2, 0.25) is 0 Å². The lowest BCUT2D eigenvalue weighted by Gasteiger charge is -2.08. The summed E-state index contributed by atoms with van der Waals surface area (Å²) in [6.07, 6.45) is 4.01. The van der Waals surface area contributed by atoms with E-state index in [4.69, 9.17) is 5.73 Å². The highest BCUT2D eigenvalue weighted by molar-refractivity contribution is 5.79. The number of nitrogens with zero attached hydrogens (tertiary/aromatic N) is 1. The summed E-state index contributed by atoms with van der Waals surface area (Å²) >= 11 is 0. The van der Waals surface area contributed by atoms with Crippen molar-refractivity contribution in [1.82, 2.24) is 4.98 Å². The van der Waals surface area contributed by atoms with Gasteiger partial charge in [0.2, 0.25) is 0 Å². The molecule has 1 fully saturated rings. The molecule has 2 nitrogen and oxygen atoms in total. The Bertz CT molecular complexity index is 535. The summed E-state index contributed by atoms with van der Waals surface area (Å²) in [7, 11) is 0. The maximum Gasteiger partial charge on any atom is 0.0702 e. The summed E-state index contributed by atoms with van der Waals surface area (Å²) in [6.45, 7) is 2.17. The summed E-state index contributed by atoms with van der Waals surface area (Å²) in [4.78, 5) is 4.33. The van der Waals surface area contributed by atoms with Crippen LogP contribution in [0.1, 0.15) is 31.2 Å². The molecule has 0 aliphatic heterocycles. The molecular weight excluding hydrogens is 196 g/mol. The summed E-state index contributed by atoms with van der Waals surface area (Å²) in [5.74, 6) is 0.544. The smallest absolute Gasteiger partial charge is 0.0702 e. The number of hydrogen-bond acceptors (Lipinski definition) is 2. The Morgan fingerprint density at radius 1 is 1.44 bits per heavy atom. The van der Waals surface area contributed by atoms with Gasteiger partial charge in [0.1, 0.15) is 0 Å². The molecule has 1 aromatic carbocycles. The number of hydrogen-bond donors (Lipinski definition) is 1. The van der Waals surface area contributed by atoms with Crippen LogP contribution in [0.4, 0.5) is 0 Å². The van der Waals surface area contributed by atoms with Crippen molar-refractivity contribution in [1.29, 1.82) is 0 Å². The van der Waals surface area contributed by atoms with Crippen LogP contribution in [0.5, 0.6) is 0 Å². The van der Waals surface area contributed by atoms with Gasteiger partial charge >= 0.3 is 0 Å². The highest BCUT2D eigenvalue weighted by Crippen LogP contribution is 2.51. The topological polar surface area (TPSA) is 38.9 Å². The van der Waals surface area contributed by atoms with Gasteiger partial charge in [0.15, 0.2) is 0 Å². The van der Waals surface area contributed by atoms with Gasteiger partial charge in [-0.2, -0.15) is 0 Å². The average molecular weight is 212 g/mol. The molecule has 2 heteroatoms. The molecule has 0 unspecified atom stereocenters. The molecule has 16 heavy (non-hydrogen) atoms. The van der Waals surface area contributed by atoms with Gasteiger partial charge < -0.3 is 5.73 Å². The van der Waals surface area contributed by atoms with Crippen molar-refractivity contribution in [2.45, 2.75) is 31.2 Å². The zero-order valence-electron chi connectivity index (χ0n) is 9.48. The fraction of sp³-hybridized carbons (Fsp3) is 0.357. The second kappa shape index (κ2) is 3.29. The molecule has 1 aromatic heterocycles. The van der Waals surface area contributed by atoms with E-state index in [1.165, 1.54) is 10.9 Å². The first-order valence-corrected chi connectivity index (χ1v) is 5.86. The largest absolute Gasteiger partial charge is 0.325 e. The average Bonchev–Trinajstić information content (AvgIpc) is 3.02. The number of pyridine rings is 1. The Kier molecular flexibility index (Phi) is 2.01. The summed E-state index contributed by atoms with van der Waals surface area (Å²) in [5, 5.41) is 1.21. The van der Waals surface area contributed by atoms with E-state index in [-0.39, 0.29) is 5.54 Å². The number of fused-ring (bicyclic) bond motifs is 1. The molecule has 82 valence electrons. The minimum atomic E-state index is 0.0515. The molecule has 0 bridgehead atoms. The lowest BCUT2D eigenvalue weighted by Crippen LogP contribution is -2.22. The van der Waals surface area contributed by atoms with E-state index in [1.54, 1.807) is 0 Å². The lowest BCUT2D eigenvalue weighted by atomic mass is 10.0. The van der Waals surface area contributed by atoms with Crippen molar-refractivity contribution < 1.29 is 0 Å². The molecule has 0 spiro atoms. The summed E-state index contributed by atoms with van der Waals surface area (Å²) < 4.78 is 0. The van der Waals surface area contributed by atoms with Gasteiger partial charge in [0.05, 0.1) is 5.52 Å². The van der Waals surface area contributed by atoms with Crippen molar-refractivity contribution in [3.8, 4) is 0 Å². The fourth-order valence-electron chi connectivity index (χ4n) is 2.47.